The van der Waals surface area contributed by atoms with Gasteiger partial charge in [-0.1, -0.05) is 37.3 Å². The van der Waals surface area contributed by atoms with Crippen molar-refractivity contribution in [2.75, 3.05) is 33.7 Å². The second-order valence-corrected chi connectivity index (χ2v) is 5.10. The highest BCUT2D eigenvalue weighted by Gasteiger charge is 2.10. The van der Waals surface area contributed by atoms with E-state index in [0.717, 1.165) is 26.1 Å². The van der Waals surface area contributed by atoms with Crippen molar-refractivity contribution in [3.8, 4) is 0 Å². The molecule has 1 N–H and O–H groups in total. The van der Waals surface area contributed by atoms with Gasteiger partial charge in [-0.05, 0) is 32.6 Å². The first-order valence-corrected chi connectivity index (χ1v) is 6.71. The van der Waals surface area contributed by atoms with Crippen molar-refractivity contribution in [1.82, 2.24) is 9.80 Å². The molecule has 1 atom stereocenters. The van der Waals surface area contributed by atoms with Crippen molar-refractivity contribution < 1.29 is 5.11 Å². The highest BCUT2D eigenvalue weighted by Crippen LogP contribution is 2.03. The number of rotatable bonds is 8. The number of aliphatic hydroxyl groups excluding tert-OH is 1. The molecular weight excluding hydrogens is 224 g/mol. The van der Waals surface area contributed by atoms with Crippen LogP contribution in [-0.4, -0.2) is 54.7 Å². The minimum atomic E-state index is -0.282. The standard InChI is InChI=1S/C15H26N2O/c1-4-10-16(2)12-15(18)13-17(3)11-14-8-6-5-7-9-14/h5-9,15,18H,4,10-13H2,1-3H3. The first kappa shape index (κ1) is 15.2. The lowest BCUT2D eigenvalue weighted by molar-refractivity contribution is 0.0890. The molecule has 0 spiro atoms. The number of hydrogen-bond donors (Lipinski definition) is 1. The minimum absolute atomic E-state index is 0.282. The molecule has 0 bridgehead atoms. The molecule has 0 amide bonds. The Bertz CT molecular complexity index is 316. The molecule has 0 saturated heterocycles. The summed E-state index contributed by atoms with van der Waals surface area (Å²) >= 11 is 0. The van der Waals surface area contributed by atoms with Crippen molar-refractivity contribution in [3.05, 3.63) is 35.9 Å². The van der Waals surface area contributed by atoms with Gasteiger partial charge in [-0.3, -0.25) is 4.90 Å². The molecule has 0 aromatic heterocycles. The molecular formula is C15H26N2O. The van der Waals surface area contributed by atoms with Crippen molar-refractivity contribution in [2.45, 2.75) is 26.0 Å². The van der Waals surface area contributed by atoms with E-state index in [1.54, 1.807) is 0 Å². The van der Waals surface area contributed by atoms with Gasteiger partial charge in [0.2, 0.25) is 0 Å². The molecule has 0 saturated carbocycles. The largest absolute Gasteiger partial charge is 0.390 e. The molecule has 102 valence electrons. The van der Waals surface area contributed by atoms with E-state index < -0.39 is 0 Å². The lowest BCUT2D eigenvalue weighted by Crippen LogP contribution is -2.37. The molecule has 3 nitrogen and oxygen atoms in total. The fourth-order valence-corrected chi connectivity index (χ4v) is 2.21. The summed E-state index contributed by atoms with van der Waals surface area (Å²) in [7, 11) is 4.11. The Morgan fingerprint density at radius 1 is 1.06 bits per heavy atom. The fourth-order valence-electron chi connectivity index (χ4n) is 2.21. The van der Waals surface area contributed by atoms with Crippen molar-refractivity contribution >= 4 is 0 Å². The molecule has 3 heteroatoms. The van der Waals surface area contributed by atoms with Crippen molar-refractivity contribution in [2.24, 2.45) is 0 Å². The molecule has 18 heavy (non-hydrogen) atoms. The van der Waals surface area contributed by atoms with Crippen molar-refractivity contribution in [1.29, 1.82) is 0 Å². The van der Waals surface area contributed by atoms with E-state index in [0.29, 0.717) is 6.54 Å². The molecule has 0 aliphatic heterocycles. The average Bonchev–Trinajstić information content (AvgIpc) is 2.29. The Labute approximate surface area is 111 Å². The predicted molar refractivity (Wildman–Crippen MR) is 76.6 cm³/mol. The third-order valence-electron chi connectivity index (χ3n) is 2.95. The summed E-state index contributed by atoms with van der Waals surface area (Å²) in [5.41, 5.74) is 1.29. The molecule has 1 unspecified atom stereocenters. The smallest absolute Gasteiger partial charge is 0.0793 e. The Hall–Kier alpha value is -0.900. The molecule has 1 rings (SSSR count). The zero-order chi connectivity index (χ0) is 13.4. The second-order valence-electron chi connectivity index (χ2n) is 5.10. The Morgan fingerprint density at radius 2 is 1.67 bits per heavy atom. The highest BCUT2D eigenvalue weighted by molar-refractivity contribution is 5.14. The Kier molecular flexibility index (Phi) is 6.94. The van der Waals surface area contributed by atoms with Gasteiger partial charge in [0.05, 0.1) is 6.10 Å². The monoisotopic (exact) mass is 250 g/mol. The normalized spacial score (nSPS) is 13.2. The van der Waals surface area contributed by atoms with Gasteiger partial charge in [-0.25, -0.2) is 0 Å². The number of benzene rings is 1. The third kappa shape index (κ3) is 6.15. The van der Waals surface area contributed by atoms with Crippen molar-refractivity contribution in [3.63, 3.8) is 0 Å². The van der Waals surface area contributed by atoms with Crippen LogP contribution in [0.15, 0.2) is 30.3 Å². The summed E-state index contributed by atoms with van der Waals surface area (Å²) in [5.74, 6) is 0. The summed E-state index contributed by atoms with van der Waals surface area (Å²) in [4.78, 5) is 4.35. The minimum Gasteiger partial charge on any atom is -0.390 e. The van der Waals surface area contributed by atoms with E-state index >= 15 is 0 Å². The van der Waals surface area contributed by atoms with Crippen LogP contribution < -0.4 is 0 Å². The molecule has 0 fully saturated rings. The topological polar surface area (TPSA) is 26.7 Å². The van der Waals surface area contributed by atoms with Crippen LogP contribution in [0.4, 0.5) is 0 Å². The number of nitrogens with zero attached hydrogens (tertiary/aromatic N) is 2. The molecule has 1 aromatic carbocycles. The van der Waals surface area contributed by atoms with E-state index in [4.69, 9.17) is 0 Å². The maximum atomic E-state index is 10.0. The molecule has 1 aromatic rings. The van der Waals surface area contributed by atoms with Crippen LogP contribution in [0.1, 0.15) is 18.9 Å². The molecule has 0 aliphatic carbocycles. The van der Waals surface area contributed by atoms with Crippen LogP contribution in [0.3, 0.4) is 0 Å². The Balaban J connectivity index is 2.29. The summed E-state index contributed by atoms with van der Waals surface area (Å²) in [5, 5.41) is 10.0. The summed E-state index contributed by atoms with van der Waals surface area (Å²) in [6.45, 7) is 5.54. The van der Waals surface area contributed by atoms with Gasteiger partial charge in [-0.2, -0.15) is 0 Å². The van der Waals surface area contributed by atoms with Gasteiger partial charge in [0.1, 0.15) is 0 Å². The van der Waals surface area contributed by atoms with E-state index in [1.165, 1.54) is 5.56 Å². The third-order valence-corrected chi connectivity index (χ3v) is 2.95. The zero-order valence-electron chi connectivity index (χ0n) is 11.8. The molecule has 0 aliphatic rings. The number of aliphatic hydroxyl groups is 1. The summed E-state index contributed by atoms with van der Waals surface area (Å²) in [6.07, 6.45) is 0.846. The van der Waals surface area contributed by atoms with Gasteiger partial charge < -0.3 is 10.0 Å². The van der Waals surface area contributed by atoms with Gasteiger partial charge >= 0.3 is 0 Å². The van der Waals surface area contributed by atoms with Crippen LogP contribution in [0, 0.1) is 0 Å². The summed E-state index contributed by atoms with van der Waals surface area (Å²) < 4.78 is 0. The quantitative estimate of drug-likeness (QED) is 0.762. The van der Waals surface area contributed by atoms with Gasteiger partial charge in [0, 0.05) is 19.6 Å². The number of likely N-dealkylation sites (N-methyl/N-ethyl adjacent to an activating group) is 2. The van der Waals surface area contributed by atoms with Crippen LogP contribution >= 0.6 is 0 Å². The second kappa shape index (κ2) is 8.25. The highest BCUT2D eigenvalue weighted by atomic mass is 16.3. The lowest BCUT2D eigenvalue weighted by Gasteiger charge is -2.24. The predicted octanol–water partition coefficient (Wildman–Crippen LogP) is 1.82. The van der Waals surface area contributed by atoms with E-state index in [1.807, 2.05) is 6.07 Å². The Morgan fingerprint density at radius 3 is 2.28 bits per heavy atom. The molecule has 0 radical (unpaired) electrons. The number of hydrogen-bond acceptors (Lipinski definition) is 3. The fraction of sp³-hybridized carbons (Fsp3) is 0.600. The first-order valence-electron chi connectivity index (χ1n) is 6.71. The van der Waals surface area contributed by atoms with E-state index in [2.05, 4.69) is 55.1 Å². The zero-order valence-corrected chi connectivity index (χ0v) is 11.8. The van der Waals surface area contributed by atoms with E-state index in [-0.39, 0.29) is 6.10 Å². The SMILES string of the molecule is CCCN(C)CC(O)CN(C)Cc1ccccc1. The lowest BCUT2D eigenvalue weighted by atomic mass is 10.2. The van der Waals surface area contributed by atoms with Gasteiger partial charge in [0.25, 0.3) is 0 Å². The van der Waals surface area contributed by atoms with Gasteiger partial charge in [0.15, 0.2) is 0 Å². The van der Waals surface area contributed by atoms with Crippen LogP contribution in [-0.2, 0) is 6.54 Å². The van der Waals surface area contributed by atoms with E-state index in [9.17, 15) is 5.11 Å². The average molecular weight is 250 g/mol. The van der Waals surface area contributed by atoms with Gasteiger partial charge in [-0.15, -0.1) is 0 Å². The summed E-state index contributed by atoms with van der Waals surface area (Å²) in [6, 6.07) is 10.4. The van der Waals surface area contributed by atoms with Crippen LogP contribution in [0.25, 0.3) is 0 Å². The maximum Gasteiger partial charge on any atom is 0.0793 e. The maximum absolute atomic E-state index is 10.0. The molecule has 0 heterocycles. The van der Waals surface area contributed by atoms with Crippen LogP contribution in [0.2, 0.25) is 0 Å². The van der Waals surface area contributed by atoms with Crippen LogP contribution in [0.5, 0.6) is 0 Å². The first-order chi connectivity index (χ1) is 8.61.